The summed E-state index contributed by atoms with van der Waals surface area (Å²) >= 11 is 11.9. The third-order valence-electron chi connectivity index (χ3n) is 7.76. The van der Waals surface area contributed by atoms with Crippen molar-refractivity contribution in [1.82, 2.24) is 10.2 Å². The summed E-state index contributed by atoms with van der Waals surface area (Å²) in [5.41, 5.74) is -1.03. The lowest BCUT2D eigenvalue weighted by molar-refractivity contribution is -0.140. The van der Waals surface area contributed by atoms with Crippen LogP contribution in [0, 0.1) is 0 Å². The van der Waals surface area contributed by atoms with Gasteiger partial charge in [0.05, 0.1) is 21.2 Å². The Balaban J connectivity index is 1.76. The summed E-state index contributed by atoms with van der Waals surface area (Å²) in [4.78, 5) is 28.8. The summed E-state index contributed by atoms with van der Waals surface area (Å²) in [7, 11) is -4.55. The van der Waals surface area contributed by atoms with Crippen molar-refractivity contribution in [3.05, 3.63) is 94.0 Å². The largest absolute Gasteiger partial charge is 0.417 e. The van der Waals surface area contributed by atoms with Crippen molar-refractivity contribution >= 4 is 50.7 Å². The average Bonchev–Trinajstić information content (AvgIpc) is 3.01. The van der Waals surface area contributed by atoms with Crippen LogP contribution < -0.4 is 9.62 Å². The molecule has 1 aliphatic carbocycles. The van der Waals surface area contributed by atoms with Crippen LogP contribution in [0.4, 0.5) is 18.9 Å². The second-order valence-corrected chi connectivity index (χ2v) is 13.6. The molecule has 0 bridgehead atoms. The van der Waals surface area contributed by atoms with Crippen LogP contribution in [0.5, 0.6) is 0 Å². The zero-order valence-electron chi connectivity index (χ0n) is 24.6. The van der Waals surface area contributed by atoms with Gasteiger partial charge in [-0.15, -0.1) is 0 Å². The van der Waals surface area contributed by atoms with E-state index in [0.29, 0.717) is 21.0 Å². The zero-order valence-corrected chi connectivity index (χ0v) is 26.9. The summed E-state index contributed by atoms with van der Waals surface area (Å²) < 4.78 is 69.9. The van der Waals surface area contributed by atoms with Crippen LogP contribution in [0.3, 0.4) is 0 Å². The van der Waals surface area contributed by atoms with Crippen LogP contribution in [0.2, 0.25) is 10.0 Å². The van der Waals surface area contributed by atoms with E-state index in [2.05, 4.69) is 5.32 Å². The number of carbonyl (C=O) groups excluding carboxylic acids is 2. The first kappa shape index (κ1) is 34.6. The van der Waals surface area contributed by atoms with Crippen molar-refractivity contribution in [2.75, 3.05) is 10.8 Å². The number of sulfonamides is 1. The Labute approximate surface area is 271 Å². The summed E-state index contributed by atoms with van der Waals surface area (Å²) in [5, 5.41) is 2.89. The van der Waals surface area contributed by atoms with Gasteiger partial charge in [0.1, 0.15) is 12.6 Å². The van der Waals surface area contributed by atoms with E-state index in [9.17, 15) is 31.2 Å². The van der Waals surface area contributed by atoms with Crippen molar-refractivity contribution in [3.63, 3.8) is 0 Å². The van der Waals surface area contributed by atoms with E-state index in [1.165, 1.54) is 29.2 Å². The fraction of sp³-hybridized carbons (Fsp3) is 0.375. The van der Waals surface area contributed by atoms with Crippen molar-refractivity contribution < 1.29 is 31.2 Å². The van der Waals surface area contributed by atoms with Crippen molar-refractivity contribution in [2.45, 2.75) is 75.1 Å². The molecule has 0 aliphatic heterocycles. The minimum Gasteiger partial charge on any atom is -0.352 e. The zero-order chi connectivity index (χ0) is 32.8. The molecule has 1 atom stereocenters. The summed E-state index contributed by atoms with van der Waals surface area (Å²) in [6.07, 6.45) is -0.0158. The SMILES string of the molecule is CCC(C(=O)NC1CCCCC1)N(Cc1ccc(Cl)cc1)C(=O)CN(c1ccc(Cl)c(C(F)(F)F)c1)S(=O)(=O)c1ccccc1. The van der Waals surface area contributed by atoms with Crippen LogP contribution in [0.1, 0.15) is 56.6 Å². The maximum atomic E-state index is 14.2. The number of carbonyl (C=O) groups is 2. The van der Waals surface area contributed by atoms with Crippen LogP contribution in [0.25, 0.3) is 0 Å². The molecule has 3 aromatic carbocycles. The Morgan fingerprint density at radius 1 is 0.956 bits per heavy atom. The Morgan fingerprint density at radius 2 is 1.60 bits per heavy atom. The highest BCUT2D eigenvalue weighted by Gasteiger charge is 2.37. The molecule has 1 unspecified atom stereocenters. The molecule has 4 rings (SSSR count). The molecule has 0 heterocycles. The number of alkyl halides is 3. The first-order valence-corrected chi connectivity index (χ1v) is 16.8. The van der Waals surface area contributed by atoms with Gasteiger partial charge in [-0.1, -0.05) is 79.7 Å². The van der Waals surface area contributed by atoms with Gasteiger partial charge < -0.3 is 10.2 Å². The van der Waals surface area contributed by atoms with Crippen molar-refractivity contribution in [3.8, 4) is 0 Å². The maximum Gasteiger partial charge on any atom is 0.417 e. The number of rotatable bonds is 11. The minimum atomic E-state index is -4.88. The number of hydrogen-bond acceptors (Lipinski definition) is 4. The second kappa shape index (κ2) is 14.9. The monoisotopic (exact) mass is 683 g/mol. The van der Waals surface area contributed by atoms with Gasteiger partial charge in [0.15, 0.2) is 0 Å². The number of benzene rings is 3. The first-order valence-electron chi connectivity index (χ1n) is 14.6. The van der Waals surface area contributed by atoms with Crippen LogP contribution in [0.15, 0.2) is 77.7 Å². The highest BCUT2D eigenvalue weighted by molar-refractivity contribution is 7.92. The van der Waals surface area contributed by atoms with Gasteiger partial charge >= 0.3 is 6.18 Å². The molecule has 0 aromatic heterocycles. The molecular formula is C32H34Cl2F3N3O4S. The third-order valence-corrected chi connectivity index (χ3v) is 10.1. The molecule has 7 nitrogen and oxygen atoms in total. The third kappa shape index (κ3) is 8.71. The van der Waals surface area contributed by atoms with E-state index >= 15 is 0 Å². The number of nitrogens with one attached hydrogen (secondary N) is 1. The molecule has 0 radical (unpaired) electrons. The molecule has 1 saturated carbocycles. The molecule has 13 heteroatoms. The lowest BCUT2D eigenvalue weighted by Gasteiger charge is -2.34. The standard InChI is InChI=1S/C32H34Cl2F3N3O4S/c1-2-29(31(42)38-24-9-5-3-6-10-24)39(20-22-13-15-23(33)16-14-22)30(41)21-40(45(43,44)26-11-7-4-8-12-26)25-17-18-28(34)27(19-25)32(35,36)37/h4,7-8,11-19,24,29H,2-3,5-6,9-10,20-21H2,1H3,(H,38,42). The predicted molar refractivity (Wildman–Crippen MR) is 169 cm³/mol. The normalized spacial score (nSPS) is 14.9. The van der Waals surface area contributed by atoms with Gasteiger partial charge in [-0.25, -0.2) is 8.42 Å². The van der Waals surface area contributed by atoms with Gasteiger partial charge in [-0.3, -0.25) is 13.9 Å². The number of hydrogen-bond donors (Lipinski definition) is 1. The Kier molecular flexibility index (Phi) is 11.4. The van der Waals surface area contributed by atoms with Crippen LogP contribution >= 0.6 is 23.2 Å². The smallest absolute Gasteiger partial charge is 0.352 e. The lowest BCUT2D eigenvalue weighted by atomic mass is 9.95. The van der Waals surface area contributed by atoms with Gasteiger partial charge in [0, 0.05) is 17.6 Å². The highest BCUT2D eigenvalue weighted by Crippen LogP contribution is 2.38. The van der Waals surface area contributed by atoms with E-state index in [4.69, 9.17) is 23.2 Å². The van der Waals surface area contributed by atoms with Gasteiger partial charge in [-0.2, -0.15) is 13.2 Å². The van der Waals surface area contributed by atoms with Gasteiger partial charge in [0.2, 0.25) is 11.8 Å². The molecule has 2 amide bonds. The van der Waals surface area contributed by atoms with Crippen LogP contribution in [-0.4, -0.2) is 43.8 Å². The topological polar surface area (TPSA) is 86.8 Å². The first-order chi connectivity index (χ1) is 21.3. The fourth-order valence-electron chi connectivity index (χ4n) is 5.38. The fourth-order valence-corrected chi connectivity index (χ4v) is 7.16. The number of amides is 2. The summed E-state index contributed by atoms with van der Waals surface area (Å²) in [6, 6.07) is 15.3. The van der Waals surface area contributed by atoms with E-state index < -0.39 is 51.0 Å². The Hall–Kier alpha value is -3.28. The second-order valence-electron chi connectivity index (χ2n) is 10.9. The number of nitrogens with zero attached hydrogens (tertiary/aromatic N) is 2. The molecule has 1 N–H and O–H groups in total. The van der Waals surface area contributed by atoms with Gasteiger partial charge in [-0.05, 0) is 67.3 Å². The molecule has 0 spiro atoms. The Bertz CT molecular complexity index is 1580. The number of halogens is 5. The molecule has 1 fully saturated rings. The van der Waals surface area contributed by atoms with E-state index in [-0.39, 0.29) is 29.8 Å². The summed E-state index contributed by atoms with van der Waals surface area (Å²) in [6.45, 7) is 0.789. The lowest BCUT2D eigenvalue weighted by Crippen LogP contribution is -2.54. The molecule has 3 aromatic rings. The highest BCUT2D eigenvalue weighted by atomic mass is 35.5. The molecule has 1 aliphatic rings. The van der Waals surface area contributed by atoms with E-state index in [1.54, 1.807) is 37.3 Å². The van der Waals surface area contributed by atoms with Gasteiger partial charge in [0.25, 0.3) is 10.0 Å². The van der Waals surface area contributed by atoms with E-state index in [0.717, 1.165) is 44.2 Å². The molecule has 0 saturated heterocycles. The predicted octanol–water partition coefficient (Wildman–Crippen LogP) is 7.46. The minimum absolute atomic E-state index is 0.0439. The van der Waals surface area contributed by atoms with Crippen molar-refractivity contribution in [2.24, 2.45) is 0 Å². The number of anilines is 1. The average molecular weight is 685 g/mol. The Morgan fingerprint density at radius 3 is 2.20 bits per heavy atom. The molecule has 242 valence electrons. The maximum absolute atomic E-state index is 14.2. The molecular weight excluding hydrogens is 650 g/mol. The quantitative estimate of drug-likeness (QED) is 0.227. The summed E-state index contributed by atoms with van der Waals surface area (Å²) in [5.74, 6) is -1.16. The van der Waals surface area contributed by atoms with Crippen LogP contribution in [-0.2, 0) is 32.3 Å². The molecule has 45 heavy (non-hydrogen) atoms. The van der Waals surface area contributed by atoms with E-state index in [1.807, 2.05) is 0 Å². The van der Waals surface area contributed by atoms with Crippen molar-refractivity contribution in [1.29, 1.82) is 0 Å².